The minimum Gasteiger partial charge on any atom is -0.462 e. The van der Waals surface area contributed by atoms with Crippen LogP contribution in [0, 0.1) is 5.92 Å². The molecule has 0 atom stereocenters. The highest BCUT2D eigenvalue weighted by Crippen LogP contribution is 2.22. The van der Waals surface area contributed by atoms with Gasteiger partial charge in [0.05, 0.1) is 13.2 Å². The molecule has 0 bridgehead atoms. The second kappa shape index (κ2) is 11.4. The molecule has 0 amide bonds. The van der Waals surface area contributed by atoms with Crippen LogP contribution in [-0.2, 0) is 19.1 Å². The van der Waals surface area contributed by atoms with Gasteiger partial charge in [0, 0.05) is 11.1 Å². The first-order chi connectivity index (χ1) is 9.97. The summed E-state index contributed by atoms with van der Waals surface area (Å²) in [4.78, 5) is 24.4. The molecule has 21 heavy (non-hydrogen) atoms. The van der Waals surface area contributed by atoms with Crippen molar-refractivity contribution >= 4 is 11.9 Å². The molecule has 0 aromatic carbocycles. The molecular weight excluding hydrogens is 268 g/mol. The Hall–Kier alpha value is -1.32. The summed E-state index contributed by atoms with van der Waals surface area (Å²) in [7, 11) is 0. The first-order valence-corrected chi connectivity index (χ1v) is 8.04. The lowest BCUT2D eigenvalue weighted by Gasteiger charge is -2.15. The van der Waals surface area contributed by atoms with E-state index in [0.29, 0.717) is 37.2 Å². The van der Waals surface area contributed by atoms with Crippen LogP contribution in [-0.4, -0.2) is 25.2 Å². The summed E-state index contributed by atoms with van der Waals surface area (Å²) >= 11 is 0. The second-order valence-corrected chi connectivity index (χ2v) is 5.58. The van der Waals surface area contributed by atoms with Gasteiger partial charge in [0.25, 0.3) is 0 Å². The molecule has 0 aliphatic rings. The van der Waals surface area contributed by atoms with Crippen LogP contribution in [0.2, 0.25) is 0 Å². The molecule has 0 unspecified atom stereocenters. The monoisotopic (exact) mass is 298 g/mol. The zero-order chi connectivity index (χ0) is 16.3. The molecule has 0 saturated carbocycles. The van der Waals surface area contributed by atoms with E-state index in [9.17, 15) is 9.59 Å². The molecule has 0 heterocycles. The SMILES string of the molecule is CCCOC(=O)C(CCC)=C(CC(C)C)C(=O)OCCC. The van der Waals surface area contributed by atoms with Gasteiger partial charge in [0.15, 0.2) is 0 Å². The third-order valence-corrected chi connectivity index (χ3v) is 2.84. The zero-order valence-electron chi connectivity index (χ0n) is 14.2. The Bertz CT molecular complexity index is 356. The minimum atomic E-state index is -0.373. The van der Waals surface area contributed by atoms with Crippen molar-refractivity contribution in [2.45, 2.75) is 66.7 Å². The van der Waals surface area contributed by atoms with Crippen molar-refractivity contribution in [3.63, 3.8) is 0 Å². The average Bonchev–Trinajstić information content (AvgIpc) is 2.45. The number of ether oxygens (including phenoxy) is 2. The van der Waals surface area contributed by atoms with Crippen molar-refractivity contribution < 1.29 is 19.1 Å². The van der Waals surface area contributed by atoms with Gasteiger partial charge in [-0.15, -0.1) is 0 Å². The lowest BCUT2D eigenvalue weighted by Crippen LogP contribution is -2.18. The van der Waals surface area contributed by atoms with Gasteiger partial charge in [-0.25, -0.2) is 9.59 Å². The molecule has 0 aliphatic carbocycles. The maximum atomic E-state index is 12.2. The maximum Gasteiger partial charge on any atom is 0.334 e. The minimum absolute atomic E-state index is 0.278. The van der Waals surface area contributed by atoms with Gasteiger partial charge in [-0.3, -0.25) is 0 Å². The number of rotatable bonds is 10. The number of esters is 2. The van der Waals surface area contributed by atoms with Crippen LogP contribution >= 0.6 is 0 Å². The van der Waals surface area contributed by atoms with Crippen molar-refractivity contribution in [3.05, 3.63) is 11.1 Å². The fourth-order valence-electron chi connectivity index (χ4n) is 1.93. The molecule has 0 N–H and O–H groups in total. The number of carbonyl (C=O) groups excluding carboxylic acids is 2. The molecule has 122 valence electrons. The lowest BCUT2D eigenvalue weighted by atomic mass is 9.95. The Balaban J connectivity index is 5.35. The third-order valence-electron chi connectivity index (χ3n) is 2.84. The van der Waals surface area contributed by atoms with Crippen LogP contribution in [0.15, 0.2) is 11.1 Å². The van der Waals surface area contributed by atoms with Crippen molar-refractivity contribution in [2.24, 2.45) is 5.92 Å². The Labute approximate surface area is 128 Å². The molecule has 4 heteroatoms. The highest BCUT2D eigenvalue weighted by atomic mass is 16.5. The number of hydrogen-bond acceptors (Lipinski definition) is 4. The first kappa shape index (κ1) is 19.7. The Morgan fingerprint density at radius 1 is 0.810 bits per heavy atom. The maximum absolute atomic E-state index is 12.2. The van der Waals surface area contributed by atoms with E-state index in [0.717, 1.165) is 19.3 Å². The Morgan fingerprint density at radius 2 is 1.29 bits per heavy atom. The van der Waals surface area contributed by atoms with Crippen LogP contribution in [0.5, 0.6) is 0 Å². The number of carbonyl (C=O) groups is 2. The quantitative estimate of drug-likeness (QED) is 0.451. The molecule has 4 nitrogen and oxygen atoms in total. The molecule has 0 rings (SSSR count). The van der Waals surface area contributed by atoms with Gasteiger partial charge in [0.2, 0.25) is 0 Å². The van der Waals surface area contributed by atoms with Crippen molar-refractivity contribution in [1.29, 1.82) is 0 Å². The predicted molar refractivity (Wildman–Crippen MR) is 83.9 cm³/mol. The third kappa shape index (κ3) is 7.88. The Kier molecular flexibility index (Phi) is 10.6. The lowest BCUT2D eigenvalue weighted by molar-refractivity contribution is -0.142. The molecule has 0 aromatic rings. The van der Waals surface area contributed by atoms with Crippen LogP contribution in [0.25, 0.3) is 0 Å². The van der Waals surface area contributed by atoms with Gasteiger partial charge in [-0.05, 0) is 31.6 Å². The van der Waals surface area contributed by atoms with Crippen LogP contribution < -0.4 is 0 Å². The van der Waals surface area contributed by atoms with Gasteiger partial charge >= 0.3 is 11.9 Å². The topological polar surface area (TPSA) is 52.6 Å². The van der Waals surface area contributed by atoms with E-state index in [1.54, 1.807) is 0 Å². The van der Waals surface area contributed by atoms with E-state index in [-0.39, 0.29) is 17.9 Å². The summed E-state index contributed by atoms with van der Waals surface area (Å²) in [6.45, 7) is 10.7. The molecule has 0 fully saturated rings. The largest absolute Gasteiger partial charge is 0.462 e. The fourth-order valence-corrected chi connectivity index (χ4v) is 1.93. The summed E-state index contributed by atoms with van der Waals surface area (Å²) < 4.78 is 10.5. The van der Waals surface area contributed by atoms with Crippen LogP contribution in [0.3, 0.4) is 0 Å². The molecule has 0 aromatic heterocycles. The molecule has 0 aliphatic heterocycles. The van der Waals surface area contributed by atoms with Crippen molar-refractivity contribution in [1.82, 2.24) is 0 Å². The van der Waals surface area contributed by atoms with Gasteiger partial charge < -0.3 is 9.47 Å². The van der Waals surface area contributed by atoms with Gasteiger partial charge in [-0.2, -0.15) is 0 Å². The summed E-state index contributed by atoms with van der Waals surface area (Å²) in [6.07, 6.45) is 3.42. The second-order valence-electron chi connectivity index (χ2n) is 5.58. The van der Waals surface area contributed by atoms with E-state index < -0.39 is 0 Å². The summed E-state index contributed by atoms with van der Waals surface area (Å²) in [5.74, 6) is -0.467. The highest BCUT2D eigenvalue weighted by Gasteiger charge is 2.23. The number of hydrogen-bond donors (Lipinski definition) is 0. The van der Waals surface area contributed by atoms with Crippen molar-refractivity contribution in [3.8, 4) is 0 Å². The summed E-state index contributed by atoms with van der Waals surface area (Å²) in [5.41, 5.74) is 0.974. The van der Waals surface area contributed by atoms with Crippen LogP contribution in [0.1, 0.15) is 66.7 Å². The van der Waals surface area contributed by atoms with Gasteiger partial charge in [-0.1, -0.05) is 41.0 Å². The molecular formula is C17H30O4. The standard InChI is InChI=1S/C17H30O4/c1-6-9-14(16(18)20-10-7-2)15(12-13(4)5)17(19)21-11-8-3/h13H,6-12H2,1-5H3. The zero-order valence-corrected chi connectivity index (χ0v) is 14.2. The van der Waals surface area contributed by atoms with Gasteiger partial charge in [0.1, 0.15) is 0 Å². The van der Waals surface area contributed by atoms with E-state index in [4.69, 9.17) is 9.47 Å². The van der Waals surface area contributed by atoms with Crippen LogP contribution in [0.4, 0.5) is 0 Å². The molecule has 0 radical (unpaired) electrons. The van der Waals surface area contributed by atoms with E-state index >= 15 is 0 Å². The van der Waals surface area contributed by atoms with E-state index in [1.165, 1.54) is 0 Å². The summed E-state index contributed by atoms with van der Waals surface area (Å²) in [5, 5.41) is 0. The van der Waals surface area contributed by atoms with E-state index in [2.05, 4.69) is 0 Å². The van der Waals surface area contributed by atoms with Crippen molar-refractivity contribution in [2.75, 3.05) is 13.2 Å². The average molecular weight is 298 g/mol. The van der Waals surface area contributed by atoms with E-state index in [1.807, 2.05) is 34.6 Å². The molecule has 0 spiro atoms. The molecule has 0 saturated heterocycles. The first-order valence-electron chi connectivity index (χ1n) is 8.04. The predicted octanol–water partition coefficient (Wildman–Crippen LogP) is 4.04. The Morgan fingerprint density at radius 3 is 1.67 bits per heavy atom. The smallest absolute Gasteiger partial charge is 0.334 e. The normalized spacial score (nSPS) is 12.1. The highest BCUT2D eigenvalue weighted by molar-refractivity contribution is 6.00. The summed E-state index contributed by atoms with van der Waals surface area (Å²) in [6, 6.07) is 0. The fraction of sp³-hybridized carbons (Fsp3) is 0.765.